The van der Waals surface area contributed by atoms with Gasteiger partial charge in [-0.05, 0) is 25.0 Å². The minimum Gasteiger partial charge on any atom is -0.309 e. The van der Waals surface area contributed by atoms with Crippen molar-refractivity contribution in [2.75, 3.05) is 0 Å². The minimum atomic E-state index is 0.0463. The van der Waals surface area contributed by atoms with E-state index in [9.17, 15) is 4.79 Å². The van der Waals surface area contributed by atoms with E-state index in [2.05, 4.69) is 4.98 Å². The van der Waals surface area contributed by atoms with E-state index < -0.39 is 0 Å². The zero-order chi connectivity index (χ0) is 11.5. The fraction of sp³-hybridized carbons (Fsp3) is 0.333. The molecule has 0 aliphatic heterocycles. The number of hydrogen-bond donors (Lipinski definition) is 0. The number of thiazole rings is 1. The van der Waals surface area contributed by atoms with Crippen LogP contribution in [0, 0.1) is 6.92 Å². The quantitative estimate of drug-likeness (QED) is 0.816. The summed E-state index contributed by atoms with van der Waals surface area (Å²) in [5.41, 5.74) is 2.08. The Bertz CT molecular complexity index is 542. The van der Waals surface area contributed by atoms with Crippen LogP contribution in [0.25, 0.3) is 0 Å². The second-order valence-electron chi connectivity index (χ2n) is 3.71. The summed E-state index contributed by atoms with van der Waals surface area (Å²) in [6.07, 6.45) is 2.74. The summed E-state index contributed by atoms with van der Waals surface area (Å²) in [6, 6.07) is 3.68. The molecule has 0 amide bonds. The predicted molar refractivity (Wildman–Crippen MR) is 66.0 cm³/mol. The van der Waals surface area contributed by atoms with E-state index in [4.69, 9.17) is 0 Å². The Balaban J connectivity index is 2.25. The van der Waals surface area contributed by atoms with Crippen LogP contribution in [0.15, 0.2) is 28.5 Å². The molecule has 2 aromatic rings. The van der Waals surface area contributed by atoms with Gasteiger partial charge in [0, 0.05) is 17.6 Å². The first-order valence-electron chi connectivity index (χ1n) is 5.29. The maximum absolute atomic E-state index is 11.7. The van der Waals surface area contributed by atoms with Gasteiger partial charge in [0.2, 0.25) is 0 Å². The van der Waals surface area contributed by atoms with Crippen LogP contribution >= 0.6 is 11.3 Å². The summed E-state index contributed by atoms with van der Waals surface area (Å²) in [7, 11) is 0. The van der Waals surface area contributed by atoms with E-state index in [1.54, 1.807) is 22.0 Å². The SMILES string of the molecule is CCc1ccn(Cc2csc(C)n2)c(=O)c1. The highest BCUT2D eigenvalue weighted by Crippen LogP contribution is 2.08. The zero-order valence-electron chi connectivity index (χ0n) is 9.43. The fourth-order valence-electron chi connectivity index (χ4n) is 1.55. The molecule has 84 valence electrons. The number of aromatic nitrogens is 2. The van der Waals surface area contributed by atoms with Crippen LogP contribution in [0.5, 0.6) is 0 Å². The van der Waals surface area contributed by atoms with Gasteiger partial charge in [0.25, 0.3) is 5.56 Å². The molecule has 0 aromatic carbocycles. The summed E-state index contributed by atoms with van der Waals surface area (Å²) in [5.74, 6) is 0. The van der Waals surface area contributed by atoms with Gasteiger partial charge in [-0.15, -0.1) is 11.3 Å². The van der Waals surface area contributed by atoms with Crippen LogP contribution in [-0.4, -0.2) is 9.55 Å². The van der Waals surface area contributed by atoms with E-state index in [-0.39, 0.29) is 5.56 Å². The normalized spacial score (nSPS) is 10.6. The lowest BCUT2D eigenvalue weighted by atomic mass is 10.2. The molecule has 0 fully saturated rings. The maximum Gasteiger partial charge on any atom is 0.251 e. The molecule has 0 unspecified atom stereocenters. The second-order valence-corrected chi connectivity index (χ2v) is 4.77. The van der Waals surface area contributed by atoms with E-state index in [0.717, 1.165) is 22.7 Å². The van der Waals surface area contributed by atoms with Gasteiger partial charge in [0.1, 0.15) is 0 Å². The predicted octanol–water partition coefficient (Wildman–Crippen LogP) is 2.22. The van der Waals surface area contributed by atoms with Crippen molar-refractivity contribution in [1.29, 1.82) is 0 Å². The van der Waals surface area contributed by atoms with Gasteiger partial charge >= 0.3 is 0 Å². The van der Waals surface area contributed by atoms with Crippen molar-refractivity contribution in [1.82, 2.24) is 9.55 Å². The van der Waals surface area contributed by atoms with Crippen LogP contribution in [-0.2, 0) is 13.0 Å². The first-order chi connectivity index (χ1) is 7.69. The van der Waals surface area contributed by atoms with Crippen LogP contribution < -0.4 is 5.56 Å². The standard InChI is InChI=1S/C12H14N2OS/c1-3-10-4-5-14(12(15)6-10)7-11-8-16-9(2)13-11/h4-6,8H,3,7H2,1-2H3. The second kappa shape index (κ2) is 4.61. The number of pyridine rings is 1. The van der Waals surface area contributed by atoms with Crippen LogP contribution in [0.2, 0.25) is 0 Å². The highest BCUT2D eigenvalue weighted by molar-refractivity contribution is 7.09. The molecule has 0 radical (unpaired) electrons. The minimum absolute atomic E-state index is 0.0463. The van der Waals surface area contributed by atoms with Crippen LogP contribution in [0.3, 0.4) is 0 Å². The summed E-state index contributed by atoms with van der Waals surface area (Å²) in [4.78, 5) is 16.1. The first kappa shape index (κ1) is 11.1. The maximum atomic E-state index is 11.7. The molecule has 4 heteroatoms. The van der Waals surface area contributed by atoms with Gasteiger partial charge in [0.05, 0.1) is 17.2 Å². The number of aryl methyl sites for hydroxylation is 2. The lowest BCUT2D eigenvalue weighted by Gasteiger charge is -2.03. The molecule has 2 rings (SSSR count). The molecule has 0 saturated heterocycles. The third-order valence-electron chi connectivity index (χ3n) is 2.47. The summed E-state index contributed by atoms with van der Waals surface area (Å²) >= 11 is 1.61. The van der Waals surface area contributed by atoms with Crippen molar-refractivity contribution in [2.24, 2.45) is 0 Å². The lowest BCUT2D eigenvalue weighted by molar-refractivity contribution is 0.738. The van der Waals surface area contributed by atoms with Crippen molar-refractivity contribution in [2.45, 2.75) is 26.8 Å². The van der Waals surface area contributed by atoms with Gasteiger partial charge in [-0.25, -0.2) is 4.98 Å². The molecule has 0 spiro atoms. The highest BCUT2D eigenvalue weighted by atomic mass is 32.1. The molecule has 2 aromatic heterocycles. The lowest BCUT2D eigenvalue weighted by Crippen LogP contribution is -2.19. The Morgan fingerprint density at radius 1 is 1.50 bits per heavy atom. The fourth-order valence-corrected chi connectivity index (χ4v) is 2.16. The molecule has 0 aliphatic rings. The van der Waals surface area contributed by atoms with Gasteiger partial charge in [0.15, 0.2) is 0 Å². The van der Waals surface area contributed by atoms with Crippen LogP contribution in [0.1, 0.15) is 23.2 Å². The average Bonchev–Trinajstić information content (AvgIpc) is 2.67. The van der Waals surface area contributed by atoms with E-state index in [1.165, 1.54) is 0 Å². The van der Waals surface area contributed by atoms with Gasteiger partial charge in [-0.2, -0.15) is 0 Å². The van der Waals surface area contributed by atoms with Gasteiger partial charge in [-0.1, -0.05) is 6.92 Å². The molecule has 0 atom stereocenters. The molecule has 2 heterocycles. The topological polar surface area (TPSA) is 34.9 Å². The number of nitrogens with zero attached hydrogens (tertiary/aromatic N) is 2. The van der Waals surface area contributed by atoms with E-state index in [1.807, 2.05) is 31.5 Å². The summed E-state index contributed by atoms with van der Waals surface area (Å²) in [6.45, 7) is 4.58. The smallest absolute Gasteiger partial charge is 0.251 e. The van der Waals surface area contributed by atoms with Crippen molar-refractivity contribution in [3.8, 4) is 0 Å². The molecule has 0 aliphatic carbocycles. The highest BCUT2D eigenvalue weighted by Gasteiger charge is 2.01. The number of rotatable bonds is 3. The zero-order valence-corrected chi connectivity index (χ0v) is 10.3. The third kappa shape index (κ3) is 2.39. The van der Waals surface area contributed by atoms with Crippen molar-refractivity contribution >= 4 is 11.3 Å². The Kier molecular flexibility index (Phi) is 3.19. The molecular weight excluding hydrogens is 220 g/mol. The Morgan fingerprint density at radius 3 is 2.88 bits per heavy atom. The summed E-state index contributed by atoms with van der Waals surface area (Å²) < 4.78 is 1.69. The molecule has 16 heavy (non-hydrogen) atoms. The van der Waals surface area contributed by atoms with Crippen LogP contribution in [0.4, 0.5) is 0 Å². The summed E-state index contributed by atoms with van der Waals surface area (Å²) in [5, 5.41) is 3.03. The van der Waals surface area contributed by atoms with E-state index >= 15 is 0 Å². The van der Waals surface area contributed by atoms with Crippen molar-refractivity contribution in [3.63, 3.8) is 0 Å². The third-order valence-corrected chi connectivity index (χ3v) is 3.29. The monoisotopic (exact) mass is 234 g/mol. The molecular formula is C12H14N2OS. The molecule has 0 saturated carbocycles. The number of hydrogen-bond acceptors (Lipinski definition) is 3. The van der Waals surface area contributed by atoms with Crippen molar-refractivity contribution in [3.05, 3.63) is 50.3 Å². The first-order valence-corrected chi connectivity index (χ1v) is 6.17. The molecule has 0 N–H and O–H groups in total. The Labute approximate surface area is 98.4 Å². The average molecular weight is 234 g/mol. The molecule has 3 nitrogen and oxygen atoms in total. The van der Waals surface area contributed by atoms with E-state index in [0.29, 0.717) is 6.54 Å². The Hall–Kier alpha value is -1.42. The van der Waals surface area contributed by atoms with Crippen molar-refractivity contribution < 1.29 is 0 Å². The largest absolute Gasteiger partial charge is 0.309 e. The molecule has 0 bridgehead atoms. The van der Waals surface area contributed by atoms with Gasteiger partial charge < -0.3 is 4.57 Å². The van der Waals surface area contributed by atoms with Gasteiger partial charge in [-0.3, -0.25) is 4.79 Å². The Morgan fingerprint density at radius 2 is 2.31 bits per heavy atom.